The second kappa shape index (κ2) is 8.59. The van der Waals surface area contributed by atoms with E-state index in [0.29, 0.717) is 6.42 Å². The molecule has 1 atom stereocenters. The molecule has 0 spiro atoms. The monoisotopic (exact) mass is 424 g/mol. The molecule has 1 aliphatic rings. The Morgan fingerprint density at radius 2 is 2.21 bits per heavy atom. The van der Waals surface area contributed by atoms with Gasteiger partial charge in [-0.05, 0) is 44.0 Å². The molecule has 3 aromatic rings. The largest absolute Gasteiger partial charge is 0.313 e. The van der Waals surface area contributed by atoms with Gasteiger partial charge in [-0.2, -0.15) is 10.2 Å². The predicted molar refractivity (Wildman–Crippen MR) is 110 cm³/mol. The fourth-order valence-electron chi connectivity index (χ4n) is 3.56. The molecule has 0 bridgehead atoms. The fraction of sp³-hybridized carbons (Fsp3) is 0.500. The SMILES string of the molecule is Cc1nn(C2CCS(=O)(=O)C2)c2ncc(CNCCCn3cccn3)cc12.Cl. The van der Waals surface area contributed by atoms with Crippen molar-refractivity contribution in [1.29, 1.82) is 0 Å². The Labute approximate surface area is 170 Å². The quantitative estimate of drug-likeness (QED) is 0.582. The molecule has 4 rings (SSSR count). The summed E-state index contributed by atoms with van der Waals surface area (Å²) in [5.74, 6) is 0.392. The van der Waals surface area contributed by atoms with Crippen LogP contribution in [-0.2, 0) is 22.9 Å². The van der Waals surface area contributed by atoms with E-state index in [1.54, 1.807) is 10.9 Å². The van der Waals surface area contributed by atoms with E-state index in [0.717, 1.165) is 48.3 Å². The summed E-state index contributed by atoms with van der Waals surface area (Å²) in [6, 6.07) is 3.92. The van der Waals surface area contributed by atoms with E-state index < -0.39 is 9.84 Å². The second-order valence-corrected chi connectivity index (χ2v) is 9.33. The van der Waals surface area contributed by atoms with Crippen LogP contribution in [0.25, 0.3) is 11.0 Å². The Hall–Kier alpha value is -1.97. The number of aromatic nitrogens is 5. The van der Waals surface area contributed by atoms with E-state index >= 15 is 0 Å². The van der Waals surface area contributed by atoms with Gasteiger partial charge in [0.05, 0.1) is 23.2 Å². The van der Waals surface area contributed by atoms with Crippen LogP contribution in [0.15, 0.2) is 30.7 Å². The molecule has 8 nitrogen and oxygen atoms in total. The molecule has 4 heterocycles. The van der Waals surface area contributed by atoms with Gasteiger partial charge in [0, 0.05) is 37.1 Å². The van der Waals surface area contributed by atoms with E-state index in [1.807, 2.05) is 30.1 Å². The Kier molecular flexibility index (Phi) is 6.36. The van der Waals surface area contributed by atoms with Crippen LogP contribution in [0.4, 0.5) is 0 Å². The highest BCUT2D eigenvalue weighted by Crippen LogP contribution is 2.28. The minimum Gasteiger partial charge on any atom is -0.313 e. The van der Waals surface area contributed by atoms with Crippen molar-refractivity contribution in [2.45, 2.75) is 38.9 Å². The fourth-order valence-corrected chi connectivity index (χ4v) is 5.26. The number of hydrogen-bond acceptors (Lipinski definition) is 6. The number of aryl methyl sites for hydroxylation is 2. The Morgan fingerprint density at radius 3 is 2.93 bits per heavy atom. The van der Waals surface area contributed by atoms with Crippen molar-refractivity contribution in [2.75, 3.05) is 18.1 Å². The lowest BCUT2D eigenvalue weighted by Gasteiger charge is -2.09. The molecule has 10 heteroatoms. The van der Waals surface area contributed by atoms with Gasteiger partial charge in [-0.25, -0.2) is 18.1 Å². The third-order valence-corrected chi connectivity index (χ3v) is 6.72. The van der Waals surface area contributed by atoms with Gasteiger partial charge < -0.3 is 5.32 Å². The van der Waals surface area contributed by atoms with Crippen LogP contribution in [-0.4, -0.2) is 51.0 Å². The van der Waals surface area contributed by atoms with E-state index in [1.165, 1.54) is 0 Å². The summed E-state index contributed by atoms with van der Waals surface area (Å²) in [5, 5.41) is 13.2. The van der Waals surface area contributed by atoms with Crippen LogP contribution in [0, 0.1) is 6.92 Å². The summed E-state index contributed by atoms with van der Waals surface area (Å²) in [7, 11) is -2.95. The number of pyridine rings is 1. The smallest absolute Gasteiger partial charge is 0.158 e. The first-order valence-corrected chi connectivity index (χ1v) is 11.1. The molecule has 1 saturated heterocycles. The summed E-state index contributed by atoms with van der Waals surface area (Å²) in [6.45, 7) is 4.49. The van der Waals surface area contributed by atoms with Gasteiger partial charge in [0.25, 0.3) is 0 Å². The molecule has 1 aliphatic heterocycles. The summed E-state index contributed by atoms with van der Waals surface area (Å²) < 4.78 is 27.3. The van der Waals surface area contributed by atoms with Crippen molar-refractivity contribution in [1.82, 2.24) is 29.9 Å². The van der Waals surface area contributed by atoms with E-state index in [4.69, 9.17) is 0 Å². The average Bonchev–Trinajstić information content (AvgIpc) is 3.35. The van der Waals surface area contributed by atoms with Crippen LogP contribution in [0.1, 0.15) is 30.1 Å². The summed E-state index contributed by atoms with van der Waals surface area (Å²) in [4.78, 5) is 4.59. The zero-order valence-electron chi connectivity index (χ0n) is 15.8. The normalized spacial score (nSPS) is 18.4. The second-order valence-electron chi connectivity index (χ2n) is 7.10. The van der Waals surface area contributed by atoms with Crippen LogP contribution in [0.2, 0.25) is 0 Å². The summed E-state index contributed by atoms with van der Waals surface area (Å²) in [5.41, 5.74) is 2.77. The minimum absolute atomic E-state index is 0. The number of hydrogen-bond donors (Lipinski definition) is 1. The number of rotatable bonds is 7. The highest BCUT2D eigenvalue weighted by Gasteiger charge is 2.31. The number of nitrogens with zero attached hydrogens (tertiary/aromatic N) is 5. The Balaban J connectivity index is 0.00000225. The molecule has 1 N–H and O–H groups in total. The lowest BCUT2D eigenvalue weighted by atomic mass is 10.2. The number of fused-ring (bicyclic) bond motifs is 1. The van der Waals surface area contributed by atoms with E-state index in [9.17, 15) is 8.42 Å². The lowest BCUT2D eigenvalue weighted by molar-refractivity contribution is 0.509. The first-order valence-electron chi connectivity index (χ1n) is 9.24. The molecule has 0 aromatic carbocycles. The van der Waals surface area contributed by atoms with Gasteiger partial charge in [0.15, 0.2) is 15.5 Å². The van der Waals surface area contributed by atoms with Crippen molar-refractivity contribution in [3.05, 3.63) is 42.0 Å². The number of nitrogens with one attached hydrogen (secondary N) is 1. The Bertz CT molecular complexity index is 1030. The highest BCUT2D eigenvalue weighted by molar-refractivity contribution is 7.91. The molecule has 0 aliphatic carbocycles. The first-order chi connectivity index (χ1) is 13.0. The third-order valence-electron chi connectivity index (χ3n) is 4.97. The summed E-state index contributed by atoms with van der Waals surface area (Å²) >= 11 is 0. The maximum atomic E-state index is 11.8. The van der Waals surface area contributed by atoms with Crippen LogP contribution < -0.4 is 5.32 Å². The Morgan fingerprint density at radius 1 is 1.36 bits per heavy atom. The first kappa shape index (κ1) is 20.8. The molecule has 0 radical (unpaired) electrons. The zero-order chi connectivity index (χ0) is 18.9. The van der Waals surface area contributed by atoms with Crippen LogP contribution in [0.3, 0.4) is 0 Å². The van der Waals surface area contributed by atoms with Gasteiger partial charge >= 0.3 is 0 Å². The highest BCUT2D eigenvalue weighted by atomic mass is 35.5. The topological polar surface area (TPSA) is 94.7 Å². The lowest BCUT2D eigenvalue weighted by Crippen LogP contribution is -2.17. The standard InChI is InChI=1S/C18H24N6O2S.ClH/c1-14-17-10-15(11-19-5-2-7-23-8-3-6-21-23)12-20-18(17)24(22-14)16-4-9-27(25,26)13-16;/h3,6,8,10,12,16,19H,2,4-5,7,9,11,13H2,1H3;1H. The van der Waals surface area contributed by atoms with Crippen molar-refractivity contribution >= 4 is 33.3 Å². The van der Waals surface area contributed by atoms with Gasteiger partial charge in [-0.1, -0.05) is 0 Å². The van der Waals surface area contributed by atoms with E-state index in [2.05, 4.69) is 26.6 Å². The van der Waals surface area contributed by atoms with Crippen molar-refractivity contribution in [3.8, 4) is 0 Å². The van der Waals surface area contributed by atoms with Gasteiger partial charge in [0.2, 0.25) is 0 Å². The van der Waals surface area contributed by atoms with E-state index in [-0.39, 0.29) is 30.0 Å². The van der Waals surface area contributed by atoms with Gasteiger partial charge in [-0.3, -0.25) is 4.68 Å². The molecular formula is C18H25ClN6O2S. The maximum Gasteiger partial charge on any atom is 0.158 e. The zero-order valence-corrected chi connectivity index (χ0v) is 17.4. The minimum atomic E-state index is -2.95. The third kappa shape index (κ3) is 4.53. The number of halogens is 1. The molecule has 1 fully saturated rings. The van der Waals surface area contributed by atoms with Crippen molar-refractivity contribution in [3.63, 3.8) is 0 Å². The van der Waals surface area contributed by atoms with Crippen molar-refractivity contribution < 1.29 is 8.42 Å². The molecular weight excluding hydrogens is 400 g/mol. The summed E-state index contributed by atoms with van der Waals surface area (Å²) in [6.07, 6.45) is 7.22. The number of sulfone groups is 1. The molecule has 1 unspecified atom stereocenters. The van der Waals surface area contributed by atoms with Gasteiger partial charge in [0.1, 0.15) is 0 Å². The predicted octanol–water partition coefficient (Wildman–Crippen LogP) is 1.90. The molecule has 0 amide bonds. The maximum absolute atomic E-state index is 11.8. The molecule has 152 valence electrons. The van der Waals surface area contributed by atoms with Crippen molar-refractivity contribution in [2.24, 2.45) is 0 Å². The van der Waals surface area contributed by atoms with Crippen LogP contribution >= 0.6 is 12.4 Å². The average molecular weight is 425 g/mol. The molecule has 28 heavy (non-hydrogen) atoms. The molecule has 3 aromatic heterocycles. The van der Waals surface area contributed by atoms with Crippen LogP contribution in [0.5, 0.6) is 0 Å². The van der Waals surface area contributed by atoms with Gasteiger partial charge in [-0.15, -0.1) is 12.4 Å². The molecule has 0 saturated carbocycles.